The van der Waals surface area contributed by atoms with E-state index in [1.165, 1.54) is 21.8 Å². The quantitative estimate of drug-likeness (QED) is 0.509. The van der Waals surface area contributed by atoms with Gasteiger partial charge in [-0.05, 0) is 17.8 Å². The Morgan fingerprint density at radius 3 is 3.00 bits per heavy atom. The van der Waals surface area contributed by atoms with Gasteiger partial charge in [0.2, 0.25) is 0 Å². The smallest absolute Gasteiger partial charge is 0.138 e. The van der Waals surface area contributed by atoms with Crippen LogP contribution in [-0.2, 0) is 0 Å². The summed E-state index contributed by atoms with van der Waals surface area (Å²) in [6.45, 7) is 0. The normalized spacial score (nSPS) is 9.92. The number of thiocyanates is 1. The molecule has 0 bridgehead atoms. The number of fused-ring (bicyclic) bond motifs is 1. The Bertz CT molecular complexity index is 439. The van der Waals surface area contributed by atoms with E-state index in [0.717, 1.165) is 4.90 Å². The zero-order chi connectivity index (χ0) is 8.39. The Morgan fingerprint density at radius 1 is 1.33 bits per heavy atom. The average molecular weight is 191 g/mol. The molecule has 12 heavy (non-hydrogen) atoms. The molecule has 2 rings (SSSR count). The van der Waals surface area contributed by atoms with Crippen LogP contribution in [0, 0.1) is 10.7 Å². The van der Waals surface area contributed by atoms with E-state index >= 15 is 0 Å². The van der Waals surface area contributed by atoms with Gasteiger partial charge in [-0.3, -0.25) is 0 Å². The lowest BCUT2D eigenvalue weighted by Gasteiger charge is -1.88. The number of thiophene rings is 1. The lowest BCUT2D eigenvalue weighted by Crippen LogP contribution is -1.63. The van der Waals surface area contributed by atoms with Crippen molar-refractivity contribution < 1.29 is 0 Å². The van der Waals surface area contributed by atoms with Crippen LogP contribution in [0.1, 0.15) is 0 Å². The molecule has 1 nitrogen and oxygen atoms in total. The molecule has 2 aromatic rings. The van der Waals surface area contributed by atoms with Crippen molar-refractivity contribution in [3.05, 3.63) is 29.6 Å². The van der Waals surface area contributed by atoms with E-state index in [2.05, 4.69) is 11.5 Å². The number of benzene rings is 1. The van der Waals surface area contributed by atoms with Crippen LogP contribution in [0.3, 0.4) is 0 Å². The van der Waals surface area contributed by atoms with Crippen molar-refractivity contribution in [2.45, 2.75) is 4.90 Å². The van der Waals surface area contributed by atoms with Crippen LogP contribution in [-0.4, -0.2) is 0 Å². The summed E-state index contributed by atoms with van der Waals surface area (Å²) in [5.41, 5.74) is 0. The van der Waals surface area contributed by atoms with Crippen LogP contribution in [0.25, 0.3) is 10.1 Å². The molecule has 0 saturated heterocycles. The SMILES string of the molecule is N#CSc1csc2ccccc12. The Kier molecular flexibility index (Phi) is 2.03. The van der Waals surface area contributed by atoms with Gasteiger partial charge in [-0.25, -0.2) is 0 Å². The Labute approximate surface area is 78.6 Å². The van der Waals surface area contributed by atoms with E-state index in [1.54, 1.807) is 11.3 Å². The minimum atomic E-state index is 1.07. The van der Waals surface area contributed by atoms with E-state index in [0.29, 0.717) is 0 Å². The maximum absolute atomic E-state index is 8.52. The molecule has 0 aliphatic heterocycles. The summed E-state index contributed by atoms with van der Waals surface area (Å²) < 4.78 is 1.25. The molecule has 0 unspecified atom stereocenters. The molecule has 0 atom stereocenters. The molecule has 1 heterocycles. The lowest BCUT2D eigenvalue weighted by molar-refractivity contribution is 1.56. The van der Waals surface area contributed by atoms with Crippen molar-refractivity contribution in [3.8, 4) is 5.40 Å². The van der Waals surface area contributed by atoms with Crippen molar-refractivity contribution >= 4 is 33.2 Å². The first kappa shape index (κ1) is 7.66. The van der Waals surface area contributed by atoms with Crippen molar-refractivity contribution in [1.82, 2.24) is 0 Å². The van der Waals surface area contributed by atoms with Crippen LogP contribution in [0.15, 0.2) is 34.5 Å². The fourth-order valence-corrected chi connectivity index (χ4v) is 2.69. The minimum Gasteiger partial charge on any atom is -0.185 e. The van der Waals surface area contributed by atoms with Gasteiger partial charge in [0.1, 0.15) is 5.40 Å². The second-order valence-corrected chi connectivity index (χ2v) is 4.03. The highest BCUT2D eigenvalue weighted by Gasteiger charge is 2.01. The number of thioether (sulfide) groups is 1. The molecule has 0 fully saturated rings. The van der Waals surface area contributed by atoms with Crippen molar-refractivity contribution in [1.29, 1.82) is 5.26 Å². The third-order valence-electron chi connectivity index (χ3n) is 1.60. The Hall–Kier alpha value is -0.980. The first-order chi connectivity index (χ1) is 5.92. The largest absolute Gasteiger partial charge is 0.185 e. The third kappa shape index (κ3) is 1.20. The summed E-state index contributed by atoms with van der Waals surface area (Å²) in [4.78, 5) is 1.07. The van der Waals surface area contributed by atoms with Gasteiger partial charge in [0.05, 0.1) is 0 Å². The van der Waals surface area contributed by atoms with Gasteiger partial charge in [0.15, 0.2) is 0 Å². The molecule has 1 aromatic heterocycles. The molecule has 0 saturated carbocycles. The van der Waals surface area contributed by atoms with Gasteiger partial charge in [-0.1, -0.05) is 18.2 Å². The highest BCUT2D eigenvalue weighted by atomic mass is 32.2. The molecule has 3 heteroatoms. The van der Waals surface area contributed by atoms with Crippen LogP contribution in [0.4, 0.5) is 0 Å². The topological polar surface area (TPSA) is 23.8 Å². The monoisotopic (exact) mass is 191 g/mol. The molecule has 0 aliphatic carbocycles. The summed E-state index contributed by atoms with van der Waals surface area (Å²) in [6, 6.07) is 8.13. The summed E-state index contributed by atoms with van der Waals surface area (Å²) in [5.74, 6) is 0. The summed E-state index contributed by atoms with van der Waals surface area (Å²) in [6.07, 6.45) is 0. The highest BCUT2D eigenvalue weighted by molar-refractivity contribution is 8.04. The van der Waals surface area contributed by atoms with Crippen LogP contribution >= 0.6 is 23.1 Å². The molecular weight excluding hydrogens is 186 g/mol. The number of nitrogens with zero attached hydrogens (tertiary/aromatic N) is 1. The van der Waals surface area contributed by atoms with E-state index in [-0.39, 0.29) is 0 Å². The number of hydrogen-bond donors (Lipinski definition) is 0. The molecule has 0 spiro atoms. The standard InChI is InChI=1S/C9H5NS2/c10-6-12-9-5-11-8-4-2-1-3-7(8)9/h1-5H. The Morgan fingerprint density at radius 2 is 2.17 bits per heavy atom. The summed E-state index contributed by atoms with van der Waals surface area (Å²) in [5, 5.41) is 13.8. The fourth-order valence-electron chi connectivity index (χ4n) is 1.08. The van der Waals surface area contributed by atoms with Gasteiger partial charge < -0.3 is 0 Å². The lowest BCUT2D eigenvalue weighted by atomic mass is 10.3. The predicted octanol–water partition coefficient (Wildman–Crippen LogP) is 3.47. The van der Waals surface area contributed by atoms with Crippen molar-refractivity contribution in [2.75, 3.05) is 0 Å². The van der Waals surface area contributed by atoms with E-state index in [1.807, 2.05) is 23.6 Å². The van der Waals surface area contributed by atoms with E-state index < -0.39 is 0 Å². The highest BCUT2D eigenvalue weighted by Crippen LogP contribution is 2.32. The number of rotatable bonds is 1. The molecule has 0 N–H and O–H groups in total. The van der Waals surface area contributed by atoms with Crippen molar-refractivity contribution in [3.63, 3.8) is 0 Å². The summed E-state index contributed by atoms with van der Waals surface area (Å²) >= 11 is 2.91. The van der Waals surface area contributed by atoms with Gasteiger partial charge in [-0.2, -0.15) is 5.26 Å². The first-order valence-electron chi connectivity index (χ1n) is 3.44. The predicted molar refractivity (Wildman–Crippen MR) is 53.3 cm³/mol. The molecule has 0 aliphatic rings. The molecule has 58 valence electrons. The molecular formula is C9H5NS2. The average Bonchev–Trinajstić information content (AvgIpc) is 2.50. The second-order valence-electron chi connectivity index (χ2n) is 2.29. The van der Waals surface area contributed by atoms with E-state index in [4.69, 9.17) is 5.26 Å². The zero-order valence-corrected chi connectivity index (χ0v) is 7.78. The van der Waals surface area contributed by atoms with E-state index in [9.17, 15) is 0 Å². The summed E-state index contributed by atoms with van der Waals surface area (Å²) in [7, 11) is 0. The first-order valence-corrected chi connectivity index (χ1v) is 5.13. The van der Waals surface area contributed by atoms with Gasteiger partial charge >= 0.3 is 0 Å². The maximum atomic E-state index is 8.52. The zero-order valence-electron chi connectivity index (χ0n) is 6.15. The number of nitriles is 1. The van der Waals surface area contributed by atoms with Gasteiger partial charge in [0.25, 0.3) is 0 Å². The molecule has 0 radical (unpaired) electrons. The number of hydrogen-bond acceptors (Lipinski definition) is 3. The molecule has 0 amide bonds. The molecule has 1 aromatic carbocycles. The van der Waals surface area contributed by atoms with Crippen LogP contribution in [0.2, 0.25) is 0 Å². The second kappa shape index (κ2) is 3.18. The fraction of sp³-hybridized carbons (Fsp3) is 0. The minimum absolute atomic E-state index is 1.07. The van der Waals surface area contributed by atoms with Gasteiger partial charge in [-0.15, -0.1) is 11.3 Å². The van der Waals surface area contributed by atoms with Crippen LogP contribution in [0.5, 0.6) is 0 Å². The van der Waals surface area contributed by atoms with Crippen LogP contribution < -0.4 is 0 Å². The van der Waals surface area contributed by atoms with Gasteiger partial charge in [0, 0.05) is 20.4 Å². The Balaban J connectivity index is 2.64. The maximum Gasteiger partial charge on any atom is 0.138 e. The van der Waals surface area contributed by atoms with Crippen molar-refractivity contribution in [2.24, 2.45) is 0 Å². The third-order valence-corrected chi connectivity index (χ3v) is 3.36.